The first-order chi connectivity index (χ1) is 9.51. The van der Waals surface area contributed by atoms with Crippen LogP contribution in [0.2, 0.25) is 0 Å². The molecule has 1 aliphatic heterocycles. The number of amides is 2. The van der Waals surface area contributed by atoms with E-state index in [1.165, 1.54) is 0 Å². The molecule has 0 aromatic rings. The van der Waals surface area contributed by atoms with Gasteiger partial charge in [-0.15, -0.1) is 0 Å². The maximum Gasteiger partial charge on any atom is 0.317 e. The molecule has 0 spiro atoms. The van der Waals surface area contributed by atoms with Crippen molar-refractivity contribution in [1.29, 1.82) is 0 Å². The first-order valence-corrected chi connectivity index (χ1v) is 7.22. The van der Waals surface area contributed by atoms with Gasteiger partial charge < -0.3 is 15.3 Å². The highest BCUT2D eigenvalue weighted by molar-refractivity contribution is 5.76. The summed E-state index contributed by atoms with van der Waals surface area (Å²) in [5, 5.41) is 11.8. The lowest BCUT2D eigenvalue weighted by Crippen LogP contribution is -2.56. The van der Waals surface area contributed by atoms with Crippen LogP contribution in [0.5, 0.6) is 0 Å². The molecule has 2 rings (SSSR count). The highest BCUT2D eigenvalue weighted by Gasteiger charge is 2.29. The van der Waals surface area contributed by atoms with Crippen LogP contribution in [0.15, 0.2) is 12.2 Å². The predicted octanol–water partition coefficient (Wildman–Crippen LogP) is 0.751. The van der Waals surface area contributed by atoms with Crippen molar-refractivity contribution in [2.45, 2.75) is 32.4 Å². The van der Waals surface area contributed by atoms with Gasteiger partial charge in [-0.25, -0.2) is 4.79 Å². The number of carbonyl (C=O) groups excluding carboxylic acids is 1. The van der Waals surface area contributed by atoms with E-state index in [1.54, 1.807) is 12.2 Å². The lowest BCUT2D eigenvalue weighted by atomic mass is 10.1. The zero-order valence-electron chi connectivity index (χ0n) is 12.1. The van der Waals surface area contributed by atoms with Crippen molar-refractivity contribution >= 4 is 12.0 Å². The van der Waals surface area contributed by atoms with Crippen LogP contribution in [-0.4, -0.2) is 65.2 Å². The highest BCUT2D eigenvalue weighted by Crippen LogP contribution is 2.18. The van der Waals surface area contributed by atoms with Crippen molar-refractivity contribution in [1.82, 2.24) is 15.1 Å². The van der Waals surface area contributed by atoms with E-state index in [-0.39, 0.29) is 12.1 Å². The molecule has 6 nitrogen and oxygen atoms in total. The average Bonchev–Trinajstić information content (AvgIpc) is 2.87. The maximum absolute atomic E-state index is 12.2. The van der Waals surface area contributed by atoms with Crippen LogP contribution < -0.4 is 5.32 Å². The smallest absolute Gasteiger partial charge is 0.317 e. The van der Waals surface area contributed by atoms with E-state index in [0.29, 0.717) is 12.5 Å². The van der Waals surface area contributed by atoms with E-state index in [2.05, 4.69) is 24.1 Å². The van der Waals surface area contributed by atoms with Crippen molar-refractivity contribution in [2.24, 2.45) is 5.92 Å². The molecule has 3 unspecified atom stereocenters. The van der Waals surface area contributed by atoms with Gasteiger partial charge in [-0.05, 0) is 19.9 Å². The van der Waals surface area contributed by atoms with Crippen molar-refractivity contribution in [3.63, 3.8) is 0 Å². The zero-order chi connectivity index (χ0) is 14.7. The minimum atomic E-state index is -0.830. The molecule has 0 radical (unpaired) electrons. The summed E-state index contributed by atoms with van der Waals surface area (Å²) in [5.41, 5.74) is 0. The quantitative estimate of drug-likeness (QED) is 0.749. The van der Waals surface area contributed by atoms with Crippen LogP contribution in [0.3, 0.4) is 0 Å². The van der Waals surface area contributed by atoms with E-state index in [9.17, 15) is 9.59 Å². The van der Waals surface area contributed by atoms with E-state index in [4.69, 9.17) is 5.11 Å². The van der Waals surface area contributed by atoms with Crippen LogP contribution in [0.4, 0.5) is 4.79 Å². The SMILES string of the molecule is CCN1CCN(C(=O)NC2C=CC(C(=O)O)C2)CC1C. The van der Waals surface area contributed by atoms with Crippen molar-refractivity contribution in [3.05, 3.63) is 12.2 Å². The van der Waals surface area contributed by atoms with Crippen LogP contribution in [0.25, 0.3) is 0 Å². The van der Waals surface area contributed by atoms with Gasteiger partial charge in [0, 0.05) is 25.7 Å². The van der Waals surface area contributed by atoms with Crippen LogP contribution in [-0.2, 0) is 4.79 Å². The minimum absolute atomic E-state index is 0.0895. The van der Waals surface area contributed by atoms with Gasteiger partial charge in [-0.3, -0.25) is 9.69 Å². The number of piperazine rings is 1. The molecular formula is C14H23N3O3. The van der Waals surface area contributed by atoms with E-state index >= 15 is 0 Å². The summed E-state index contributed by atoms with van der Waals surface area (Å²) in [6, 6.07) is 0.113. The molecule has 1 saturated heterocycles. The van der Waals surface area contributed by atoms with Gasteiger partial charge >= 0.3 is 12.0 Å². The largest absolute Gasteiger partial charge is 0.481 e. The number of nitrogens with zero attached hydrogens (tertiary/aromatic N) is 2. The Labute approximate surface area is 119 Å². The van der Waals surface area contributed by atoms with Gasteiger partial charge in [-0.2, -0.15) is 0 Å². The molecule has 1 heterocycles. The molecule has 0 aromatic carbocycles. The monoisotopic (exact) mass is 281 g/mol. The number of urea groups is 1. The van der Waals surface area contributed by atoms with E-state index < -0.39 is 11.9 Å². The molecule has 0 bridgehead atoms. The lowest BCUT2D eigenvalue weighted by Gasteiger charge is -2.39. The van der Waals surface area contributed by atoms with Crippen LogP contribution in [0, 0.1) is 5.92 Å². The Balaban J connectivity index is 1.82. The highest BCUT2D eigenvalue weighted by atomic mass is 16.4. The minimum Gasteiger partial charge on any atom is -0.481 e. The molecule has 20 heavy (non-hydrogen) atoms. The molecule has 0 aromatic heterocycles. The molecule has 2 aliphatic rings. The number of rotatable bonds is 3. The molecule has 3 atom stereocenters. The molecule has 0 saturated carbocycles. The fourth-order valence-electron chi connectivity index (χ4n) is 2.89. The molecule has 1 fully saturated rings. The van der Waals surface area contributed by atoms with Gasteiger partial charge in [0.25, 0.3) is 0 Å². The van der Waals surface area contributed by atoms with E-state index in [1.807, 2.05) is 4.90 Å². The number of nitrogens with one attached hydrogen (secondary N) is 1. The summed E-state index contributed by atoms with van der Waals surface area (Å²) >= 11 is 0. The summed E-state index contributed by atoms with van der Waals surface area (Å²) in [7, 11) is 0. The predicted molar refractivity (Wildman–Crippen MR) is 75.5 cm³/mol. The summed E-state index contributed by atoms with van der Waals surface area (Å²) < 4.78 is 0. The second kappa shape index (κ2) is 6.26. The molecule has 112 valence electrons. The van der Waals surface area contributed by atoms with Crippen molar-refractivity contribution in [2.75, 3.05) is 26.2 Å². The normalized spacial score (nSPS) is 30.5. The molecule has 2 N–H and O–H groups in total. The maximum atomic E-state index is 12.2. The van der Waals surface area contributed by atoms with Gasteiger partial charge in [0.2, 0.25) is 0 Å². The van der Waals surface area contributed by atoms with Crippen LogP contribution in [0.1, 0.15) is 20.3 Å². The van der Waals surface area contributed by atoms with Crippen molar-refractivity contribution < 1.29 is 14.7 Å². The third kappa shape index (κ3) is 3.30. The topological polar surface area (TPSA) is 72.9 Å². The summed E-state index contributed by atoms with van der Waals surface area (Å²) in [6.07, 6.45) is 3.89. The van der Waals surface area contributed by atoms with Gasteiger partial charge in [0.15, 0.2) is 0 Å². The number of carbonyl (C=O) groups is 2. The van der Waals surface area contributed by atoms with Gasteiger partial charge in [-0.1, -0.05) is 19.1 Å². The zero-order valence-corrected chi connectivity index (χ0v) is 12.1. The second-order valence-corrected chi connectivity index (χ2v) is 5.54. The van der Waals surface area contributed by atoms with E-state index in [0.717, 1.165) is 26.2 Å². The van der Waals surface area contributed by atoms with Crippen LogP contribution >= 0.6 is 0 Å². The number of hydrogen-bond donors (Lipinski definition) is 2. The number of hydrogen-bond acceptors (Lipinski definition) is 3. The number of carboxylic acids is 1. The average molecular weight is 281 g/mol. The lowest BCUT2D eigenvalue weighted by molar-refractivity contribution is -0.140. The Morgan fingerprint density at radius 3 is 2.65 bits per heavy atom. The summed E-state index contributed by atoms with van der Waals surface area (Å²) in [4.78, 5) is 27.2. The Hall–Kier alpha value is -1.56. The van der Waals surface area contributed by atoms with Gasteiger partial charge in [0.1, 0.15) is 0 Å². The Morgan fingerprint density at radius 2 is 2.10 bits per heavy atom. The first kappa shape index (κ1) is 14.8. The first-order valence-electron chi connectivity index (χ1n) is 7.22. The summed E-state index contributed by atoms with van der Waals surface area (Å²) in [5.74, 6) is -1.31. The summed E-state index contributed by atoms with van der Waals surface area (Å²) in [6.45, 7) is 7.59. The Kier molecular flexibility index (Phi) is 4.65. The molecule has 1 aliphatic carbocycles. The Morgan fingerprint density at radius 1 is 1.35 bits per heavy atom. The Bertz CT molecular complexity index is 410. The molecular weight excluding hydrogens is 258 g/mol. The third-order valence-electron chi connectivity index (χ3n) is 4.17. The fourth-order valence-corrected chi connectivity index (χ4v) is 2.89. The second-order valence-electron chi connectivity index (χ2n) is 5.54. The number of carboxylic acid groups (broad SMARTS) is 1. The third-order valence-corrected chi connectivity index (χ3v) is 4.17. The fraction of sp³-hybridized carbons (Fsp3) is 0.714. The van der Waals surface area contributed by atoms with Gasteiger partial charge in [0.05, 0.1) is 12.0 Å². The number of likely N-dealkylation sites (N-methyl/N-ethyl adjacent to an activating group) is 1. The molecule has 6 heteroatoms. The number of aliphatic carboxylic acids is 1. The van der Waals surface area contributed by atoms with Crippen molar-refractivity contribution in [3.8, 4) is 0 Å². The molecule has 2 amide bonds. The standard InChI is InChI=1S/C14H23N3O3/c1-3-16-6-7-17(9-10(16)2)14(20)15-12-5-4-11(8-12)13(18)19/h4-5,10-12H,3,6-9H2,1-2H3,(H,15,20)(H,18,19).